The van der Waals surface area contributed by atoms with Gasteiger partial charge in [-0.15, -0.1) is 0 Å². The Balaban J connectivity index is 1.66. The number of rotatable bonds is 4. The molecule has 0 spiro atoms. The van der Waals surface area contributed by atoms with Gasteiger partial charge >= 0.3 is 0 Å². The number of aromatic nitrogens is 1. The molecule has 40 heavy (non-hydrogen) atoms. The predicted molar refractivity (Wildman–Crippen MR) is 176 cm³/mol. The summed E-state index contributed by atoms with van der Waals surface area (Å²) < 4.78 is 2.55. The van der Waals surface area contributed by atoms with Crippen molar-refractivity contribution in [1.29, 1.82) is 0 Å². The van der Waals surface area contributed by atoms with Gasteiger partial charge in [0.1, 0.15) is 0 Å². The number of fused-ring (bicyclic) bond motifs is 4. The fraction of sp³-hybridized carbons (Fsp3) is 0.105. The third kappa shape index (κ3) is 4.14. The van der Waals surface area contributed by atoms with E-state index in [4.69, 9.17) is 0 Å². The van der Waals surface area contributed by atoms with Crippen LogP contribution in [0.25, 0.3) is 38.3 Å². The largest absolute Gasteiger partial charge is 0.308 e. The average molecular weight is 534 g/mol. The molecule has 194 valence electrons. The van der Waals surface area contributed by atoms with E-state index in [2.05, 4.69) is 165 Å². The van der Waals surface area contributed by atoms with Crippen LogP contribution in [0.2, 0.25) is 0 Å². The topological polar surface area (TPSA) is 4.93 Å². The van der Waals surface area contributed by atoms with Crippen molar-refractivity contribution in [1.82, 2.24) is 4.57 Å². The number of hydrogen-bond acceptors (Lipinski definition) is 0. The van der Waals surface area contributed by atoms with Crippen LogP contribution in [0.3, 0.4) is 0 Å². The van der Waals surface area contributed by atoms with Gasteiger partial charge in [-0.25, -0.2) is 0 Å². The van der Waals surface area contributed by atoms with Crippen molar-refractivity contribution in [3.63, 3.8) is 0 Å². The maximum atomic E-state index is 2.55. The molecule has 0 aliphatic heterocycles. The van der Waals surface area contributed by atoms with E-state index in [0.29, 0.717) is 0 Å². The summed E-state index contributed by atoms with van der Waals surface area (Å²) in [6.45, 7) is 6.90. The van der Waals surface area contributed by atoms with Crippen molar-refractivity contribution in [2.75, 3.05) is 0 Å². The Kier molecular flexibility index (Phi) is 6.06. The van der Waals surface area contributed by atoms with Crippen molar-refractivity contribution in [3.05, 3.63) is 145 Å². The first-order chi connectivity index (χ1) is 19.5. The van der Waals surface area contributed by atoms with Gasteiger partial charge in [0.15, 0.2) is 0 Å². The summed E-state index contributed by atoms with van der Waals surface area (Å²) in [6.07, 6.45) is 0. The Bertz CT molecular complexity index is 1940. The Morgan fingerprint density at radius 3 is 1.75 bits per heavy atom. The fourth-order valence-corrected chi connectivity index (χ4v) is 8.37. The van der Waals surface area contributed by atoms with E-state index >= 15 is 0 Å². The van der Waals surface area contributed by atoms with E-state index < -0.39 is 7.92 Å². The van der Waals surface area contributed by atoms with Crippen LogP contribution < -0.4 is 15.9 Å². The van der Waals surface area contributed by atoms with E-state index in [1.54, 1.807) is 0 Å². The minimum absolute atomic E-state index is 0.0533. The second kappa shape index (κ2) is 9.77. The van der Waals surface area contributed by atoms with Crippen molar-refractivity contribution in [2.45, 2.75) is 26.2 Å². The van der Waals surface area contributed by atoms with Crippen LogP contribution in [0.15, 0.2) is 140 Å². The molecule has 1 heterocycles. The molecule has 0 saturated heterocycles. The highest BCUT2D eigenvalue weighted by molar-refractivity contribution is 7.80. The van der Waals surface area contributed by atoms with Crippen molar-refractivity contribution < 1.29 is 0 Å². The smallest absolute Gasteiger partial charge is 0.0623 e. The molecule has 1 nitrogen and oxygen atoms in total. The average Bonchev–Trinajstić information content (AvgIpc) is 3.31. The van der Waals surface area contributed by atoms with Gasteiger partial charge in [0.05, 0.1) is 16.7 Å². The van der Waals surface area contributed by atoms with E-state index in [1.165, 1.54) is 59.7 Å². The first-order valence-corrected chi connectivity index (χ1v) is 15.3. The predicted octanol–water partition coefficient (Wildman–Crippen LogP) is 8.99. The van der Waals surface area contributed by atoms with Crippen LogP contribution in [0.5, 0.6) is 0 Å². The van der Waals surface area contributed by atoms with Gasteiger partial charge in [-0.1, -0.05) is 148 Å². The van der Waals surface area contributed by atoms with Gasteiger partial charge in [-0.3, -0.25) is 0 Å². The zero-order valence-corrected chi connectivity index (χ0v) is 24.1. The highest BCUT2D eigenvalue weighted by Crippen LogP contribution is 2.41. The Labute approximate surface area is 237 Å². The molecule has 0 unspecified atom stereocenters. The molecule has 0 radical (unpaired) electrons. The molecule has 6 aromatic carbocycles. The van der Waals surface area contributed by atoms with Gasteiger partial charge in [-0.05, 0) is 47.0 Å². The standard InChI is InChI=1S/C38H32NP/c1-38(2,3)28-23-24-33-32-20-12-13-21-34(32)39(35(33)26-28)37-31-19-11-10-14-27(31)22-25-36(37)40(29-15-6-4-7-16-29)30-17-8-5-9-18-30/h4-26H,1-3H3. The summed E-state index contributed by atoms with van der Waals surface area (Å²) in [7, 11) is -0.807. The molecule has 0 fully saturated rings. The van der Waals surface area contributed by atoms with E-state index in [-0.39, 0.29) is 5.41 Å². The summed E-state index contributed by atoms with van der Waals surface area (Å²) in [4.78, 5) is 0. The lowest BCUT2D eigenvalue weighted by Gasteiger charge is -2.25. The van der Waals surface area contributed by atoms with Crippen LogP contribution in [-0.2, 0) is 5.41 Å². The Hall–Kier alpha value is -4.19. The molecular weight excluding hydrogens is 501 g/mol. The molecule has 0 aliphatic carbocycles. The maximum absolute atomic E-state index is 2.55. The van der Waals surface area contributed by atoms with Crippen molar-refractivity contribution in [2.24, 2.45) is 0 Å². The fourth-order valence-electron chi connectivity index (χ4n) is 5.92. The first kappa shape index (κ1) is 24.8. The summed E-state index contributed by atoms with van der Waals surface area (Å²) >= 11 is 0. The molecule has 1 aromatic heterocycles. The van der Waals surface area contributed by atoms with Gasteiger partial charge in [-0.2, -0.15) is 0 Å². The minimum Gasteiger partial charge on any atom is -0.308 e. The molecule has 0 aliphatic rings. The third-order valence-electron chi connectivity index (χ3n) is 7.91. The molecule has 0 amide bonds. The van der Waals surface area contributed by atoms with Crippen molar-refractivity contribution >= 4 is 56.4 Å². The zero-order valence-electron chi connectivity index (χ0n) is 23.2. The highest BCUT2D eigenvalue weighted by atomic mass is 31.1. The molecular formula is C38H32NP. The lowest BCUT2D eigenvalue weighted by atomic mass is 9.86. The van der Waals surface area contributed by atoms with Crippen LogP contribution in [0.1, 0.15) is 26.3 Å². The summed E-state index contributed by atoms with van der Waals surface area (Å²) in [5.41, 5.74) is 5.20. The lowest BCUT2D eigenvalue weighted by molar-refractivity contribution is 0.591. The van der Waals surface area contributed by atoms with E-state index in [0.717, 1.165) is 0 Å². The number of nitrogens with zero attached hydrogens (tertiary/aromatic N) is 1. The molecule has 7 rings (SSSR count). The molecule has 0 atom stereocenters. The summed E-state index contributed by atoms with van der Waals surface area (Å²) in [6, 6.07) is 51.6. The molecule has 7 aromatic rings. The second-order valence-corrected chi connectivity index (χ2v) is 13.7. The van der Waals surface area contributed by atoms with Gasteiger partial charge in [0.25, 0.3) is 0 Å². The first-order valence-electron chi connectivity index (χ1n) is 14.0. The molecule has 0 saturated carbocycles. The highest BCUT2D eigenvalue weighted by Gasteiger charge is 2.25. The quantitative estimate of drug-likeness (QED) is 0.199. The summed E-state index contributed by atoms with van der Waals surface area (Å²) in [5.74, 6) is 0. The molecule has 0 bridgehead atoms. The van der Waals surface area contributed by atoms with Crippen molar-refractivity contribution in [3.8, 4) is 5.69 Å². The third-order valence-corrected chi connectivity index (χ3v) is 10.4. The minimum atomic E-state index is -0.807. The Morgan fingerprint density at radius 1 is 0.500 bits per heavy atom. The van der Waals surface area contributed by atoms with E-state index in [9.17, 15) is 0 Å². The van der Waals surface area contributed by atoms with Gasteiger partial charge < -0.3 is 4.57 Å². The number of para-hydroxylation sites is 1. The monoisotopic (exact) mass is 533 g/mol. The lowest BCUT2D eigenvalue weighted by Crippen LogP contribution is -2.24. The molecule has 2 heteroatoms. The second-order valence-electron chi connectivity index (χ2n) is 11.5. The normalized spacial score (nSPS) is 12.1. The molecule has 0 N–H and O–H groups in total. The van der Waals surface area contributed by atoms with Gasteiger partial charge in [0.2, 0.25) is 0 Å². The zero-order chi connectivity index (χ0) is 27.3. The van der Waals surface area contributed by atoms with Crippen LogP contribution in [0, 0.1) is 0 Å². The number of hydrogen-bond donors (Lipinski definition) is 0. The van der Waals surface area contributed by atoms with Crippen LogP contribution in [0.4, 0.5) is 0 Å². The van der Waals surface area contributed by atoms with E-state index in [1.807, 2.05) is 0 Å². The maximum Gasteiger partial charge on any atom is 0.0623 e. The SMILES string of the molecule is CC(C)(C)c1ccc2c3ccccc3n(-c3c(P(c4ccccc4)c4ccccc4)ccc4ccccc34)c2c1. The van der Waals surface area contributed by atoms with Gasteiger partial charge in [0, 0.05) is 21.5 Å². The van der Waals surface area contributed by atoms with Crippen LogP contribution in [-0.4, -0.2) is 4.57 Å². The Morgan fingerprint density at radius 2 is 1.07 bits per heavy atom. The summed E-state index contributed by atoms with van der Waals surface area (Å²) in [5, 5.41) is 9.22. The number of benzene rings is 6. The van der Waals surface area contributed by atoms with Crippen LogP contribution >= 0.6 is 7.92 Å².